The van der Waals surface area contributed by atoms with Crippen LogP contribution >= 0.6 is 11.3 Å². The van der Waals surface area contributed by atoms with Crippen LogP contribution in [-0.2, 0) is 4.79 Å². The number of amides is 1. The largest absolute Gasteiger partial charge is 0.297 e. The Balaban J connectivity index is 1.61. The summed E-state index contributed by atoms with van der Waals surface area (Å²) < 4.78 is 1.77. The lowest BCUT2D eigenvalue weighted by molar-refractivity contribution is -0.111. The van der Waals surface area contributed by atoms with Gasteiger partial charge in [-0.15, -0.1) is 10.2 Å². The lowest BCUT2D eigenvalue weighted by Gasteiger charge is -2.05. The zero-order valence-corrected chi connectivity index (χ0v) is 15.6. The van der Waals surface area contributed by atoms with Crippen LogP contribution in [0.1, 0.15) is 43.2 Å². The zero-order valence-electron chi connectivity index (χ0n) is 14.8. The van der Waals surface area contributed by atoms with E-state index in [1.165, 1.54) is 17.4 Å². The maximum absolute atomic E-state index is 12.1. The minimum Gasteiger partial charge on any atom is -0.297 e. The molecule has 0 aliphatic heterocycles. The van der Waals surface area contributed by atoms with E-state index in [9.17, 15) is 4.79 Å². The molecule has 0 atom stereocenters. The summed E-state index contributed by atoms with van der Waals surface area (Å²) >= 11 is 1.44. The van der Waals surface area contributed by atoms with Crippen molar-refractivity contribution >= 4 is 28.5 Å². The highest BCUT2D eigenvalue weighted by Crippen LogP contribution is 2.27. The Hall–Kier alpha value is -2.80. The maximum atomic E-state index is 12.1. The minimum atomic E-state index is -0.232. The number of rotatable bonds is 7. The topological polar surface area (TPSA) is 72.7 Å². The van der Waals surface area contributed by atoms with E-state index in [0.717, 1.165) is 29.1 Å². The molecule has 2 aromatic heterocycles. The lowest BCUT2D eigenvalue weighted by Crippen LogP contribution is -2.07. The van der Waals surface area contributed by atoms with Crippen molar-refractivity contribution in [1.29, 1.82) is 0 Å². The molecule has 3 rings (SSSR count). The minimum absolute atomic E-state index is 0.232. The van der Waals surface area contributed by atoms with Crippen LogP contribution in [0.5, 0.6) is 0 Å². The standard InChI is InChI=1S/C19H21N5OS/c1-3-15(4-2)18-22-23-19(26-18)21-17(25)11-10-14-12-20-24(13-14)16-8-6-5-7-9-16/h5-13,15H,3-4H2,1-2H3,(H,21,23,25)/b11-10+. The summed E-state index contributed by atoms with van der Waals surface area (Å²) in [5, 5.41) is 16.8. The number of hydrogen-bond acceptors (Lipinski definition) is 5. The smallest absolute Gasteiger partial charge is 0.250 e. The van der Waals surface area contributed by atoms with Crippen LogP contribution in [0.25, 0.3) is 11.8 Å². The monoisotopic (exact) mass is 367 g/mol. The average molecular weight is 367 g/mol. The van der Waals surface area contributed by atoms with Gasteiger partial charge in [-0.05, 0) is 31.1 Å². The maximum Gasteiger partial charge on any atom is 0.250 e. The second-order valence-electron chi connectivity index (χ2n) is 5.84. The van der Waals surface area contributed by atoms with Crippen LogP contribution in [0.4, 0.5) is 5.13 Å². The number of para-hydroxylation sites is 1. The molecule has 2 heterocycles. The van der Waals surface area contributed by atoms with Crippen molar-refractivity contribution in [2.24, 2.45) is 0 Å². The highest BCUT2D eigenvalue weighted by atomic mass is 32.1. The summed E-state index contributed by atoms with van der Waals surface area (Å²) in [5.41, 5.74) is 1.82. The number of anilines is 1. The van der Waals surface area contributed by atoms with Crippen LogP contribution in [0.3, 0.4) is 0 Å². The van der Waals surface area contributed by atoms with Gasteiger partial charge in [0.25, 0.3) is 0 Å². The molecule has 1 amide bonds. The predicted molar refractivity (Wildman–Crippen MR) is 104 cm³/mol. The summed E-state index contributed by atoms with van der Waals surface area (Å²) in [6.45, 7) is 4.26. The summed E-state index contributed by atoms with van der Waals surface area (Å²) in [4.78, 5) is 12.1. The van der Waals surface area contributed by atoms with Gasteiger partial charge in [0.1, 0.15) is 5.01 Å². The van der Waals surface area contributed by atoms with Crippen LogP contribution in [0.2, 0.25) is 0 Å². The molecule has 134 valence electrons. The molecular formula is C19H21N5OS. The van der Waals surface area contributed by atoms with E-state index in [0.29, 0.717) is 11.0 Å². The highest BCUT2D eigenvalue weighted by molar-refractivity contribution is 7.15. The van der Waals surface area contributed by atoms with Gasteiger partial charge in [-0.2, -0.15) is 5.10 Å². The first-order chi connectivity index (χ1) is 12.7. The summed E-state index contributed by atoms with van der Waals surface area (Å²) in [6, 6.07) is 9.82. The Morgan fingerprint density at radius 3 is 2.73 bits per heavy atom. The van der Waals surface area contributed by atoms with E-state index in [4.69, 9.17) is 0 Å². The predicted octanol–water partition coefficient (Wildman–Crippen LogP) is 4.28. The van der Waals surface area contributed by atoms with E-state index in [-0.39, 0.29) is 5.91 Å². The van der Waals surface area contributed by atoms with Gasteiger partial charge >= 0.3 is 0 Å². The van der Waals surface area contributed by atoms with Crippen molar-refractivity contribution in [3.8, 4) is 5.69 Å². The molecule has 3 aromatic rings. The number of carbonyl (C=O) groups is 1. The quantitative estimate of drug-likeness (QED) is 0.633. The van der Waals surface area contributed by atoms with Gasteiger partial charge in [0.05, 0.1) is 11.9 Å². The molecule has 7 heteroatoms. The van der Waals surface area contributed by atoms with Crippen molar-refractivity contribution in [2.45, 2.75) is 32.6 Å². The number of hydrogen-bond donors (Lipinski definition) is 1. The fourth-order valence-electron chi connectivity index (χ4n) is 2.55. The fourth-order valence-corrected chi connectivity index (χ4v) is 3.56. The molecule has 0 aliphatic rings. The first-order valence-electron chi connectivity index (χ1n) is 8.62. The SMILES string of the molecule is CCC(CC)c1nnc(NC(=O)/C=C/c2cnn(-c3ccccc3)c2)s1. The summed E-state index contributed by atoms with van der Waals surface area (Å²) in [6.07, 6.45) is 8.83. The second-order valence-corrected chi connectivity index (χ2v) is 6.84. The first-order valence-corrected chi connectivity index (χ1v) is 9.43. The van der Waals surface area contributed by atoms with Crippen LogP contribution in [0.15, 0.2) is 48.8 Å². The molecule has 0 unspecified atom stereocenters. The van der Waals surface area contributed by atoms with Gasteiger partial charge < -0.3 is 0 Å². The Labute approximate surface area is 156 Å². The molecule has 0 saturated carbocycles. The molecule has 0 aliphatic carbocycles. The Bertz CT molecular complexity index is 880. The lowest BCUT2D eigenvalue weighted by atomic mass is 10.1. The third kappa shape index (κ3) is 4.43. The third-order valence-corrected chi connectivity index (χ3v) is 5.06. The summed E-state index contributed by atoms with van der Waals surface area (Å²) in [7, 11) is 0. The van der Waals surface area contributed by atoms with Gasteiger partial charge in [-0.1, -0.05) is 43.4 Å². The number of carbonyl (C=O) groups excluding carboxylic acids is 1. The first kappa shape index (κ1) is 18.0. The number of nitrogens with one attached hydrogen (secondary N) is 1. The van der Waals surface area contributed by atoms with Crippen molar-refractivity contribution in [3.63, 3.8) is 0 Å². The molecule has 0 radical (unpaired) electrons. The van der Waals surface area contributed by atoms with Crippen molar-refractivity contribution in [2.75, 3.05) is 5.32 Å². The number of benzene rings is 1. The van der Waals surface area contributed by atoms with Crippen LogP contribution in [-0.4, -0.2) is 25.9 Å². The molecular weight excluding hydrogens is 346 g/mol. The number of aromatic nitrogens is 4. The molecule has 0 bridgehead atoms. The fraction of sp³-hybridized carbons (Fsp3) is 0.263. The van der Waals surface area contributed by atoms with Gasteiger partial charge in [0.2, 0.25) is 11.0 Å². The molecule has 1 N–H and O–H groups in total. The third-order valence-electron chi connectivity index (χ3n) is 4.06. The Morgan fingerprint density at radius 1 is 1.23 bits per heavy atom. The van der Waals surface area contributed by atoms with E-state index in [2.05, 4.69) is 34.5 Å². The normalized spacial score (nSPS) is 11.3. The van der Waals surface area contributed by atoms with Gasteiger partial charge in [0.15, 0.2) is 0 Å². The zero-order chi connectivity index (χ0) is 18.4. The molecule has 0 spiro atoms. The van der Waals surface area contributed by atoms with Crippen molar-refractivity contribution in [3.05, 3.63) is 59.4 Å². The van der Waals surface area contributed by atoms with E-state index in [1.807, 2.05) is 36.5 Å². The molecule has 0 saturated heterocycles. The van der Waals surface area contributed by atoms with Gasteiger partial charge in [0, 0.05) is 23.8 Å². The molecule has 6 nitrogen and oxygen atoms in total. The highest BCUT2D eigenvalue weighted by Gasteiger charge is 2.13. The second kappa shape index (κ2) is 8.53. The van der Waals surface area contributed by atoms with Crippen LogP contribution in [0, 0.1) is 0 Å². The number of nitrogens with zero attached hydrogens (tertiary/aromatic N) is 4. The van der Waals surface area contributed by atoms with Crippen LogP contribution < -0.4 is 5.32 Å². The van der Waals surface area contributed by atoms with Crippen molar-refractivity contribution < 1.29 is 4.79 Å². The average Bonchev–Trinajstić information content (AvgIpc) is 3.32. The van der Waals surface area contributed by atoms with Gasteiger partial charge in [-0.3, -0.25) is 10.1 Å². The molecule has 1 aromatic carbocycles. The summed E-state index contributed by atoms with van der Waals surface area (Å²) in [5.74, 6) is 0.169. The van der Waals surface area contributed by atoms with Crippen molar-refractivity contribution in [1.82, 2.24) is 20.0 Å². The van der Waals surface area contributed by atoms with Gasteiger partial charge in [-0.25, -0.2) is 4.68 Å². The van der Waals surface area contributed by atoms with E-state index < -0.39 is 0 Å². The molecule has 26 heavy (non-hydrogen) atoms. The Kier molecular flexibility index (Phi) is 5.91. The van der Waals surface area contributed by atoms with E-state index >= 15 is 0 Å². The molecule has 0 fully saturated rings. The van der Waals surface area contributed by atoms with E-state index in [1.54, 1.807) is 17.0 Å². The Morgan fingerprint density at radius 2 is 2.00 bits per heavy atom.